The number of phenols is 1. The number of hydrogen-bond donors (Lipinski definition) is 1. The Morgan fingerprint density at radius 3 is 2.57 bits per heavy atom. The van der Waals surface area contributed by atoms with E-state index in [-0.39, 0.29) is 11.3 Å². The summed E-state index contributed by atoms with van der Waals surface area (Å²) in [6.45, 7) is 0. The molecule has 4 heteroatoms. The van der Waals surface area contributed by atoms with Crippen LogP contribution in [0.25, 0.3) is 43.7 Å². The lowest BCUT2D eigenvalue weighted by Gasteiger charge is -2.01. The monoisotopic (exact) mass is 302 g/mol. The first-order valence-corrected chi connectivity index (χ1v) is 7.22. The zero-order chi connectivity index (χ0) is 15.6. The van der Waals surface area contributed by atoms with E-state index in [4.69, 9.17) is 8.83 Å². The molecule has 5 aromatic rings. The highest BCUT2D eigenvalue weighted by Gasteiger charge is 2.17. The van der Waals surface area contributed by atoms with Crippen molar-refractivity contribution in [1.82, 2.24) is 0 Å². The summed E-state index contributed by atoms with van der Waals surface area (Å²) < 4.78 is 11.0. The predicted molar refractivity (Wildman–Crippen MR) is 88.9 cm³/mol. The molecule has 0 radical (unpaired) electrons. The molecule has 0 saturated heterocycles. The van der Waals surface area contributed by atoms with Crippen molar-refractivity contribution in [3.63, 3.8) is 0 Å². The van der Waals surface area contributed by atoms with Gasteiger partial charge in [-0.2, -0.15) is 0 Å². The van der Waals surface area contributed by atoms with Crippen LogP contribution in [0.5, 0.6) is 5.75 Å². The van der Waals surface area contributed by atoms with E-state index in [1.807, 2.05) is 36.4 Å². The van der Waals surface area contributed by atoms with E-state index in [9.17, 15) is 9.90 Å². The summed E-state index contributed by atoms with van der Waals surface area (Å²) in [5, 5.41) is 14.1. The van der Waals surface area contributed by atoms with Crippen molar-refractivity contribution in [3.8, 4) is 5.75 Å². The summed E-state index contributed by atoms with van der Waals surface area (Å²) >= 11 is 0. The van der Waals surface area contributed by atoms with Crippen LogP contribution in [0.2, 0.25) is 0 Å². The van der Waals surface area contributed by atoms with Crippen LogP contribution in [0, 0.1) is 0 Å². The van der Waals surface area contributed by atoms with Crippen LogP contribution < -0.4 is 5.63 Å². The zero-order valence-corrected chi connectivity index (χ0v) is 11.9. The summed E-state index contributed by atoms with van der Waals surface area (Å²) in [6.07, 6.45) is 0. The summed E-state index contributed by atoms with van der Waals surface area (Å²) in [6, 6.07) is 16.6. The molecule has 4 nitrogen and oxygen atoms in total. The molecule has 1 N–H and O–H groups in total. The van der Waals surface area contributed by atoms with E-state index in [0.717, 1.165) is 26.9 Å². The molecule has 0 unspecified atom stereocenters. The van der Waals surface area contributed by atoms with Gasteiger partial charge in [-0.1, -0.05) is 30.3 Å². The minimum atomic E-state index is -0.543. The number of phenolic OH excluding ortho intramolecular Hbond substituents is 1. The highest BCUT2D eigenvalue weighted by Crippen LogP contribution is 2.37. The molecule has 0 bridgehead atoms. The number of hydrogen-bond acceptors (Lipinski definition) is 4. The van der Waals surface area contributed by atoms with Crippen LogP contribution in [-0.2, 0) is 0 Å². The SMILES string of the molecule is O=c1oc2cc(O)ccc2c2c1oc1ccc3ccccc3c12. The van der Waals surface area contributed by atoms with Crippen LogP contribution in [0.15, 0.2) is 68.2 Å². The first kappa shape index (κ1) is 12.3. The highest BCUT2D eigenvalue weighted by atomic mass is 16.4. The van der Waals surface area contributed by atoms with Gasteiger partial charge in [0.15, 0.2) is 0 Å². The number of aromatic hydroxyl groups is 1. The van der Waals surface area contributed by atoms with Gasteiger partial charge >= 0.3 is 5.63 Å². The van der Waals surface area contributed by atoms with Gasteiger partial charge in [-0.25, -0.2) is 4.79 Å². The van der Waals surface area contributed by atoms with E-state index in [0.29, 0.717) is 11.2 Å². The van der Waals surface area contributed by atoms with E-state index in [1.54, 1.807) is 12.1 Å². The predicted octanol–water partition coefficient (Wildman–Crippen LogP) is 4.55. The van der Waals surface area contributed by atoms with Crippen molar-refractivity contribution >= 4 is 43.7 Å². The Morgan fingerprint density at radius 1 is 0.783 bits per heavy atom. The molecule has 5 rings (SSSR count). The maximum atomic E-state index is 12.3. The Morgan fingerprint density at radius 2 is 1.65 bits per heavy atom. The fourth-order valence-electron chi connectivity index (χ4n) is 3.22. The van der Waals surface area contributed by atoms with E-state index >= 15 is 0 Å². The van der Waals surface area contributed by atoms with Crippen molar-refractivity contribution in [2.24, 2.45) is 0 Å². The summed E-state index contributed by atoms with van der Waals surface area (Å²) in [5.74, 6) is 0.0534. The lowest BCUT2D eigenvalue weighted by molar-refractivity contribution is 0.473. The second kappa shape index (κ2) is 4.14. The first-order chi connectivity index (χ1) is 11.2. The van der Waals surface area contributed by atoms with Gasteiger partial charge in [0.2, 0.25) is 5.58 Å². The Kier molecular flexibility index (Phi) is 2.21. The molecule has 23 heavy (non-hydrogen) atoms. The molecule has 2 aromatic heterocycles. The number of furan rings is 1. The normalized spacial score (nSPS) is 11.8. The molecule has 2 heterocycles. The maximum Gasteiger partial charge on any atom is 0.380 e. The van der Waals surface area contributed by atoms with Gasteiger partial charge < -0.3 is 13.9 Å². The third-order valence-corrected chi connectivity index (χ3v) is 4.20. The van der Waals surface area contributed by atoms with Crippen LogP contribution in [0.3, 0.4) is 0 Å². The molecule has 0 amide bonds. The fraction of sp³-hybridized carbons (Fsp3) is 0. The molecular weight excluding hydrogens is 292 g/mol. The van der Waals surface area contributed by atoms with Crippen LogP contribution in [0.1, 0.15) is 0 Å². The van der Waals surface area contributed by atoms with Crippen molar-refractivity contribution < 1.29 is 13.9 Å². The second-order valence-corrected chi connectivity index (χ2v) is 5.54. The Labute approximate surface area is 129 Å². The maximum absolute atomic E-state index is 12.3. The van der Waals surface area contributed by atoms with Gasteiger partial charge in [0.25, 0.3) is 0 Å². The first-order valence-electron chi connectivity index (χ1n) is 7.22. The molecule has 0 aliphatic rings. The average Bonchev–Trinajstić information content (AvgIpc) is 2.95. The van der Waals surface area contributed by atoms with E-state index in [1.165, 1.54) is 6.07 Å². The summed E-state index contributed by atoms with van der Waals surface area (Å²) in [7, 11) is 0. The molecular formula is C19H10O4. The lowest BCUT2D eigenvalue weighted by Crippen LogP contribution is -1.97. The van der Waals surface area contributed by atoms with Crippen molar-refractivity contribution in [2.75, 3.05) is 0 Å². The molecule has 110 valence electrons. The van der Waals surface area contributed by atoms with Crippen molar-refractivity contribution in [1.29, 1.82) is 0 Å². The van der Waals surface area contributed by atoms with Gasteiger partial charge in [0.05, 0.1) is 0 Å². The van der Waals surface area contributed by atoms with Gasteiger partial charge in [-0.15, -0.1) is 0 Å². The molecule has 0 fully saturated rings. The van der Waals surface area contributed by atoms with Gasteiger partial charge in [-0.05, 0) is 29.0 Å². The molecule has 0 aliphatic heterocycles. The van der Waals surface area contributed by atoms with Crippen molar-refractivity contribution in [3.05, 3.63) is 65.0 Å². The number of fused-ring (bicyclic) bond motifs is 7. The number of rotatable bonds is 0. The van der Waals surface area contributed by atoms with Crippen molar-refractivity contribution in [2.45, 2.75) is 0 Å². The molecule has 0 spiro atoms. The Hall–Kier alpha value is -3.27. The minimum Gasteiger partial charge on any atom is -0.508 e. The molecule has 0 saturated carbocycles. The highest BCUT2D eigenvalue weighted by molar-refractivity contribution is 6.25. The van der Waals surface area contributed by atoms with Gasteiger partial charge in [-0.3, -0.25) is 0 Å². The molecule has 0 aliphatic carbocycles. The minimum absolute atomic E-state index is 0.0534. The average molecular weight is 302 g/mol. The quantitative estimate of drug-likeness (QED) is 0.426. The van der Waals surface area contributed by atoms with Crippen LogP contribution >= 0.6 is 0 Å². The molecule has 3 aromatic carbocycles. The smallest absolute Gasteiger partial charge is 0.380 e. The number of benzene rings is 3. The van der Waals surface area contributed by atoms with Gasteiger partial charge in [0.1, 0.15) is 16.9 Å². The molecule has 0 atom stereocenters. The Bertz CT molecular complexity index is 1290. The fourth-order valence-corrected chi connectivity index (χ4v) is 3.22. The van der Waals surface area contributed by atoms with Crippen LogP contribution in [-0.4, -0.2) is 5.11 Å². The third kappa shape index (κ3) is 1.57. The third-order valence-electron chi connectivity index (χ3n) is 4.20. The van der Waals surface area contributed by atoms with E-state index < -0.39 is 5.63 Å². The van der Waals surface area contributed by atoms with Crippen LogP contribution in [0.4, 0.5) is 0 Å². The van der Waals surface area contributed by atoms with E-state index in [2.05, 4.69) is 0 Å². The van der Waals surface area contributed by atoms with Gasteiger partial charge in [0, 0.05) is 22.2 Å². The standard InChI is InChI=1S/C19H10O4/c20-11-6-7-13-15(9-11)23-19(21)18-17(13)16-12-4-2-1-3-10(12)5-8-14(16)22-18/h1-9,20H. The summed E-state index contributed by atoms with van der Waals surface area (Å²) in [5.41, 5.74) is 0.651. The largest absolute Gasteiger partial charge is 0.508 e. The Balaban J connectivity index is 2.18. The zero-order valence-electron chi connectivity index (χ0n) is 11.9. The summed E-state index contributed by atoms with van der Waals surface area (Å²) in [4.78, 5) is 12.3. The topological polar surface area (TPSA) is 63.6 Å². The lowest BCUT2D eigenvalue weighted by atomic mass is 10.0. The second-order valence-electron chi connectivity index (χ2n) is 5.54.